The zero-order chi connectivity index (χ0) is 80.0. The summed E-state index contributed by atoms with van der Waals surface area (Å²) in [5.41, 5.74) is 16.7. The standard InChI is InChI=1S/C71H81F5N14O18/c1-32-10-6-8-12-42(32)39-18-14-37(15-19-39)22-46(62(78)99)83-66(103)47(23-38-16-20-40(21-17-38)43-13-9-7-11-33(43)2)85-67(104)50(27-54(97)98)86-69(106)51(30-91)88-71(108)61(36(5)93)90-68(105)48(25-44-55(72)57(74)59(76)58(75)56(44)73)87-70(107)60(35(4)92)89-52(94)29-80-65(102)49(26-53(95)96)84-63(100)34(3)82-64(101)45(77)24-41-28-79-31-81-41/h6-21,28,31,34-36,45-51,60-61,91-93H,22-27,29-30,77H2,1-5H3,(H2,78,99)(H,79,81)(H,80,102)(H,82,101)(H,83,103)(H,84,100)(H,85,104)(H,86,106)(H,87,107)(H,88,108)(H,89,94)(H,90,105)(H,95,96)(H,97,98)/t34-,35+,36+,45-,46-,47-,48-,49-,50-,51-,60-,61-/m0/s1. The number of aliphatic carboxylic acids is 2. The zero-order valence-corrected chi connectivity index (χ0v) is 58.5. The van der Waals surface area contributed by atoms with Crippen LogP contribution in [0.15, 0.2) is 110 Å². The molecule has 0 saturated carbocycles. The van der Waals surface area contributed by atoms with Crippen molar-refractivity contribution in [3.63, 3.8) is 0 Å². The third kappa shape index (κ3) is 24.0. The molecule has 6 aromatic rings. The van der Waals surface area contributed by atoms with Crippen molar-refractivity contribution in [3.8, 4) is 22.3 Å². The summed E-state index contributed by atoms with van der Waals surface area (Å²) in [5.74, 6) is -31.1. The third-order valence-corrected chi connectivity index (χ3v) is 16.8. The number of nitrogens with zero attached hydrogens (tertiary/aromatic N) is 1. The Bertz CT molecular complexity index is 4260. The van der Waals surface area contributed by atoms with Crippen LogP contribution in [0.1, 0.15) is 67.1 Å². The second-order valence-electron chi connectivity index (χ2n) is 25.2. The van der Waals surface area contributed by atoms with E-state index in [4.69, 9.17) is 11.5 Å². The van der Waals surface area contributed by atoms with E-state index in [0.29, 0.717) is 16.8 Å². The fourth-order valence-electron chi connectivity index (χ4n) is 10.9. The predicted octanol–water partition coefficient (Wildman–Crippen LogP) is -1.66. The fraction of sp³-hybridized carbons (Fsp3) is 0.352. The molecule has 20 N–H and O–H groups in total. The number of benzene rings is 5. The lowest BCUT2D eigenvalue weighted by Gasteiger charge is -2.28. The maximum atomic E-state index is 15.4. The number of amides is 11. The molecular formula is C71H81F5N14O18. The second-order valence-corrected chi connectivity index (χ2v) is 25.2. The van der Waals surface area contributed by atoms with Crippen LogP contribution in [0, 0.1) is 42.9 Å². The normalized spacial score (nSPS) is 14.5. The van der Waals surface area contributed by atoms with Gasteiger partial charge in [0.25, 0.3) is 0 Å². The first kappa shape index (κ1) is 84.8. The van der Waals surface area contributed by atoms with Crippen molar-refractivity contribution in [2.75, 3.05) is 13.2 Å². The Morgan fingerprint density at radius 2 is 0.870 bits per heavy atom. The molecule has 0 fully saturated rings. The molecule has 0 aliphatic heterocycles. The van der Waals surface area contributed by atoms with Crippen molar-refractivity contribution < 1.29 is 110 Å². The highest BCUT2D eigenvalue weighted by molar-refractivity contribution is 6.00. The summed E-state index contributed by atoms with van der Waals surface area (Å²) < 4.78 is 74.3. The first-order valence-corrected chi connectivity index (χ1v) is 33.2. The number of aromatic nitrogens is 2. The van der Waals surface area contributed by atoms with Crippen LogP contribution in [-0.2, 0) is 88.0 Å². The Kier molecular flexibility index (Phi) is 30.9. The number of carbonyl (C=O) groups is 13. The fourth-order valence-corrected chi connectivity index (χ4v) is 10.9. The average Bonchev–Trinajstić information content (AvgIpc) is 0.866. The van der Waals surface area contributed by atoms with Gasteiger partial charge in [-0.15, -0.1) is 0 Å². The number of primary amides is 1. The molecule has 5 aromatic carbocycles. The van der Waals surface area contributed by atoms with E-state index in [2.05, 4.69) is 31.2 Å². The number of aryl methyl sites for hydroxylation is 2. The van der Waals surface area contributed by atoms with Crippen molar-refractivity contribution >= 4 is 76.9 Å². The van der Waals surface area contributed by atoms with E-state index in [1.807, 2.05) is 94.3 Å². The molecule has 0 spiro atoms. The molecule has 0 aliphatic carbocycles. The zero-order valence-electron chi connectivity index (χ0n) is 58.5. The van der Waals surface area contributed by atoms with E-state index in [9.17, 15) is 101 Å². The Morgan fingerprint density at radius 3 is 1.34 bits per heavy atom. The molecule has 578 valence electrons. The molecule has 6 rings (SSSR count). The number of carbonyl (C=O) groups excluding carboxylic acids is 11. The van der Waals surface area contributed by atoms with E-state index in [1.165, 1.54) is 12.5 Å². The number of nitrogens with two attached hydrogens (primary N) is 2. The second kappa shape index (κ2) is 39.3. The molecule has 0 bridgehead atoms. The summed E-state index contributed by atoms with van der Waals surface area (Å²) in [6.45, 7) is 3.99. The lowest BCUT2D eigenvalue weighted by Crippen LogP contribution is -2.63. The number of carboxylic acids is 2. The maximum Gasteiger partial charge on any atom is 0.305 e. The van der Waals surface area contributed by atoms with Gasteiger partial charge in [-0.25, -0.2) is 26.9 Å². The highest BCUT2D eigenvalue weighted by atomic mass is 19.2. The summed E-state index contributed by atoms with van der Waals surface area (Å²) >= 11 is 0. The molecule has 1 heterocycles. The molecule has 37 heteroatoms. The number of carboxylic acid groups (broad SMARTS) is 2. The van der Waals surface area contributed by atoms with E-state index < -0.39 is 217 Å². The topological polar surface area (TPSA) is 524 Å². The van der Waals surface area contributed by atoms with Crippen molar-refractivity contribution in [1.82, 2.24) is 63.1 Å². The summed E-state index contributed by atoms with van der Waals surface area (Å²) in [5, 5.41) is 72.4. The lowest BCUT2D eigenvalue weighted by molar-refractivity contribution is -0.142. The van der Waals surface area contributed by atoms with Gasteiger partial charge in [0.1, 0.15) is 54.4 Å². The van der Waals surface area contributed by atoms with Gasteiger partial charge in [0.05, 0.1) is 50.6 Å². The molecule has 0 saturated heterocycles. The van der Waals surface area contributed by atoms with Gasteiger partial charge in [-0.05, 0) is 79.1 Å². The lowest BCUT2D eigenvalue weighted by atomic mass is 9.96. The van der Waals surface area contributed by atoms with Gasteiger partial charge in [-0.1, -0.05) is 97.1 Å². The molecule has 0 radical (unpaired) electrons. The van der Waals surface area contributed by atoms with Crippen LogP contribution >= 0.6 is 0 Å². The van der Waals surface area contributed by atoms with Crippen LogP contribution in [0.2, 0.25) is 0 Å². The number of hydrogen-bond acceptors (Lipinski definition) is 18. The van der Waals surface area contributed by atoms with Gasteiger partial charge in [0, 0.05) is 43.1 Å². The summed E-state index contributed by atoms with van der Waals surface area (Å²) in [6.07, 6.45) is -6.15. The average molecular weight is 1510 g/mol. The number of H-pyrrole nitrogens is 1. The minimum Gasteiger partial charge on any atom is -0.481 e. The van der Waals surface area contributed by atoms with E-state index in [1.54, 1.807) is 48.5 Å². The van der Waals surface area contributed by atoms with Gasteiger partial charge in [-0.3, -0.25) is 62.3 Å². The summed E-state index contributed by atoms with van der Waals surface area (Å²) in [7, 11) is 0. The summed E-state index contributed by atoms with van der Waals surface area (Å²) in [4.78, 5) is 181. The molecule has 12 atom stereocenters. The van der Waals surface area contributed by atoms with Crippen LogP contribution in [0.25, 0.3) is 22.3 Å². The minimum absolute atomic E-state index is 0.0430. The number of nitrogens with one attached hydrogen (secondary N) is 11. The van der Waals surface area contributed by atoms with E-state index in [-0.39, 0.29) is 19.3 Å². The van der Waals surface area contributed by atoms with Crippen LogP contribution in [0.3, 0.4) is 0 Å². The van der Waals surface area contributed by atoms with E-state index >= 15 is 8.78 Å². The molecule has 0 aliphatic rings. The van der Waals surface area contributed by atoms with Gasteiger partial charge in [-0.2, -0.15) is 0 Å². The van der Waals surface area contributed by atoms with Crippen molar-refractivity contribution in [1.29, 1.82) is 0 Å². The number of aliphatic hydroxyl groups is 3. The number of aromatic amines is 1. The van der Waals surface area contributed by atoms with Crippen LogP contribution < -0.4 is 64.6 Å². The number of hydrogen-bond donors (Lipinski definition) is 18. The van der Waals surface area contributed by atoms with E-state index in [0.717, 1.165) is 54.2 Å². The number of aliphatic hydroxyl groups excluding tert-OH is 3. The Hall–Kier alpha value is -12.1. The largest absolute Gasteiger partial charge is 0.481 e. The molecule has 0 unspecified atom stereocenters. The quantitative estimate of drug-likeness (QED) is 0.0117. The van der Waals surface area contributed by atoms with Gasteiger partial charge in [0.2, 0.25) is 70.8 Å². The molecular weight excluding hydrogens is 1430 g/mol. The summed E-state index contributed by atoms with van der Waals surface area (Å²) in [6, 6.07) is 9.21. The molecule has 108 heavy (non-hydrogen) atoms. The van der Waals surface area contributed by atoms with Gasteiger partial charge >= 0.3 is 11.9 Å². The minimum atomic E-state index is -2.67. The Labute approximate surface area is 612 Å². The first-order chi connectivity index (χ1) is 51.0. The van der Waals surface area contributed by atoms with Crippen LogP contribution in [0.4, 0.5) is 22.0 Å². The maximum absolute atomic E-state index is 15.4. The Morgan fingerprint density at radius 1 is 0.463 bits per heavy atom. The van der Waals surface area contributed by atoms with Crippen molar-refractivity contribution in [2.45, 2.75) is 146 Å². The molecule has 1 aromatic heterocycles. The predicted molar refractivity (Wildman–Crippen MR) is 371 cm³/mol. The number of rotatable bonds is 38. The number of halogens is 5. The van der Waals surface area contributed by atoms with Crippen molar-refractivity contribution in [2.24, 2.45) is 11.5 Å². The van der Waals surface area contributed by atoms with Gasteiger partial charge < -0.3 is 95.2 Å². The first-order valence-electron chi connectivity index (χ1n) is 33.2. The molecule has 11 amide bonds. The number of imidazole rings is 1. The van der Waals surface area contributed by atoms with Crippen molar-refractivity contribution in [3.05, 3.63) is 172 Å². The highest BCUT2D eigenvalue weighted by Gasteiger charge is 2.39. The van der Waals surface area contributed by atoms with Crippen LogP contribution in [-0.4, -0.2) is 198 Å². The monoisotopic (exact) mass is 1510 g/mol. The highest BCUT2D eigenvalue weighted by Crippen LogP contribution is 2.27. The third-order valence-electron chi connectivity index (χ3n) is 16.8. The van der Waals surface area contributed by atoms with Crippen LogP contribution in [0.5, 0.6) is 0 Å². The smallest absolute Gasteiger partial charge is 0.305 e. The SMILES string of the molecule is Cc1ccccc1-c1ccc(C[C@H](NC(=O)[C@H](Cc2ccc(-c3ccccc3C)cc2)NC(=O)[C@H](CC(=O)O)NC(=O)[C@H](CO)NC(=O)[C@@H](NC(=O)[C@H](Cc2c(F)c(F)c(F)c(F)c2F)NC(=O)[C@@H](NC(=O)CNC(=O)[C@H](CC(=O)O)NC(=O)[C@H](C)NC(=O)[C@@H](N)Cc2cnc[nH]2)[C@@H](C)O)[C@@H](C)O)C(N)=O)cc1. The molecule has 32 nitrogen and oxygen atoms in total. The van der Waals surface area contributed by atoms with Gasteiger partial charge in [0.15, 0.2) is 23.3 Å². The Balaban J connectivity index is 1.18.